The molecule has 0 atom stereocenters. The van der Waals surface area contributed by atoms with E-state index in [-0.39, 0.29) is 16.8 Å². The van der Waals surface area contributed by atoms with Crippen LogP contribution in [-0.4, -0.2) is 75.1 Å². The fraction of sp³-hybridized carbons (Fsp3) is 0.619. The van der Waals surface area contributed by atoms with Gasteiger partial charge in [0.2, 0.25) is 10.0 Å². The van der Waals surface area contributed by atoms with Gasteiger partial charge in [0.25, 0.3) is 0 Å². The number of piperidine rings is 1. The van der Waals surface area contributed by atoms with Crippen molar-refractivity contribution in [3.63, 3.8) is 0 Å². The molecule has 0 aliphatic carbocycles. The first-order chi connectivity index (χ1) is 14.5. The molecule has 2 aliphatic rings. The molecule has 9 nitrogen and oxygen atoms in total. The van der Waals surface area contributed by atoms with E-state index in [1.54, 1.807) is 41.1 Å². The SMILES string of the molecule is CN1CCN(c2ccc(S(=O)(=O)N3CCC(CNC(=O)OC(C)(C)C)CC3)cc2)C1=O. The summed E-state index contributed by atoms with van der Waals surface area (Å²) in [7, 11) is -1.85. The molecule has 1 aromatic carbocycles. The van der Waals surface area contributed by atoms with Gasteiger partial charge in [-0.15, -0.1) is 0 Å². The average Bonchev–Trinajstić information content (AvgIpc) is 3.04. The zero-order valence-corrected chi connectivity index (χ0v) is 19.4. The number of sulfonamides is 1. The van der Waals surface area contributed by atoms with Crippen LogP contribution < -0.4 is 10.2 Å². The van der Waals surface area contributed by atoms with Gasteiger partial charge in [0, 0.05) is 45.5 Å². The van der Waals surface area contributed by atoms with Crippen LogP contribution in [0.5, 0.6) is 0 Å². The van der Waals surface area contributed by atoms with Gasteiger partial charge in [0.05, 0.1) is 4.90 Å². The van der Waals surface area contributed by atoms with Crippen molar-refractivity contribution in [3.8, 4) is 0 Å². The largest absolute Gasteiger partial charge is 0.444 e. The average molecular weight is 453 g/mol. The maximum Gasteiger partial charge on any atom is 0.407 e. The number of nitrogens with one attached hydrogen (secondary N) is 1. The van der Waals surface area contributed by atoms with Crippen molar-refractivity contribution in [2.24, 2.45) is 5.92 Å². The third-order valence-corrected chi connectivity index (χ3v) is 7.42. The zero-order valence-electron chi connectivity index (χ0n) is 18.6. The summed E-state index contributed by atoms with van der Waals surface area (Å²) in [6.45, 7) is 7.94. The van der Waals surface area contributed by atoms with Gasteiger partial charge in [-0.05, 0) is 63.8 Å². The molecular formula is C21H32N4O5S. The first-order valence-electron chi connectivity index (χ1n) is 10.6. The van der Waals surface area contributed by atoms with E-state index in [1.165, 1.54) is 4.31 Å². The smallest absolute Gasteiger partial charge is 0.407 e. The van der Waals surface area contributed by atoms with Gasteiger partial charge in [-0.2, -0.15) is 4.31 Å². The number of carbonyl (C=O) groups excluding carboxylic acids is 2. The van der Waals surface area contributed by atoms with Crippen LogP contribution in [0, 0.1) is 5.92 Å². The number of hydrogen-bond acceptors (Lipinski definition) is 5. The fourth-order valence-corrected chi connectivity index (χ4v) is 5.20. The van der Waals surface area contributed by atoms with Gasteiger partial charge in [0.15, 0.2) is 0 Å². The Balaban J connectivity index is 1.54. The van der Waals surface area contributed by atoms with E-state index in [0.29, 0.717) is 51.3 Å². The van der Waals surface area contributed by atoms with E-state index in [0.717, 1.165) is 0 Å². The lowest BCUT2D eigenvalue weighted by molar-refractivity contribution is 0.0513. The van der Waals surface area contributed by atoms with Crippen molar-refractivity contribution >= 4 is 27.8 Å². The summed E-state index contributed by atoms with van der Waals surface area (Å²) >= 11 is 0. The van der Waals surface area contributed by atoms with Gasteiger partial charge < -0.3 is 15.0 Å². The molecule has 0 unspecified atom stereocenters. The highest BCUT2D eigenvalue weighted by Gasteiger charge is 2.31. The number of likely N-dealkylation sites (N-methyl/N-ethyl adjacent to an activating group) is 1. The molecule has 2 fully saturated rings. The predicted molar refractivity (Wildman–Crippen MR) is 118 cm³/mol. The molecule has 31 heavy (non-hydrogen) atoms. The summed E-state index contributed by atoms with van der Waals surface area (Å²) < 4.78 is 32.8. The molecule has 0 saturated carbocycles. The van der Waals surface area contributed by atoms with E-state index in [9.17, 15) is 18.0 Å². The highest BCUT2D eigenvalue weighted by atomic mass is 32.2. The molecule has 2 heterocycles. The van der Waals surface area contributed by atoms with Crippen molar-refractivity contribution in [2.75, 3.05) is 44.7 Å². The van der Waals surface area contributed by atoms with Crippen LogP contribution in [0.15, 0.2) is 29.2 Å². The summed E-state index contributed by atoms with van der Waals surface area (Å²) in [5.74, 6) is 0.208. The van der Waals surface area contributed by atoms with Crippen molar-refractivity contribution in [1.82, 2.24) is 14.5 Å². The summed E-state index contributed by atoms with van der Waals surface area (Å²) in [4.78, 5) is 27.4. The lowest BCUT2D eigenvalue weighted by Crippen LogP contribution is -2.42. The summed E-state index contributed by atoms with van der Waals surface area (Å²) in [6, 6.07) is 6.40. The Bertz CT molecular complexity index is 903. The first-order valence-corrected chi connectivity index (χ1v) is 12.0. The Labute approximate surface area is 184 Å². The molecule has 10 heteroatoms. The number of urea groups is 1. The van der Waals surface area contributed by atoms with Crippen LogP contribution in [-0.2, 0) is 14.8 Å². The number of amides is 3. The van der Waals surface area contributed by atoms with Crippen LogP contribution in [0.1, 0.15) is 33.6 Å². The minimum absolute atomic E-state index is 0.0855. The molecule has 0 aromatic heterocycles. The minimum atomic E-state index is -3.60. The molecule has 0 spiro atoms. The molecule has 2 aliphatic heterocycles. The Morgan fingerprint density at radius 1 is 1.10 bits per heavy atom. The van der Waals surface area contributed by atoms with Crippen molar-refractivity contribution in [1.29, 1.82) is 0 Å². The third-order valence-electron chi connectivity index (χ3n) is 5.51. The van der Waals surface area contributed by atoms with E-state index >= 15 is 0 Å². The molecule has 0 radical (unpaired) electrons. The van der Waals surface area contributed by atoms with Gasteiger partial charge >= 0.3 is 12.1 Å². The van der Waals surface area contributed by atoms with Crippen LogP contribution in [0.3, 0.4) is 0 Å². The monoisotopic (exact) mass is 452 g/mol. The highest BCUT2D eigenvalue weighted by Crippen LogP contribution is 2.26. The highest BCUT2D eigenvalue weighted by molar-refractivity contribution is 7.89. The molecule has 0 bridgehead atoms. The lowest BCUT2D eigenvalue weighted by atomic mass is 9.98. The summed E-state index contributed by atoms with van der Waals surface area (Å²) in [5, 5.41) is 2.77. The second-order valence-corrected chi connectivity index (χ2v) is 11.0. The second kappa shape index (κ2) is 9.04. The molecule has 3 amide bonds. The molecule has 1 aromatic rings. The lowest BCUT2D eigenvalue weighted by Gasteiger charge is -2.31. The predicted octanol–water partition coefficient (Wildman–Crippen LogP) is 2.48. The Kier molecular flexibility index (Phi) is 6.80. The number of nitrogens with zero attached hydrogens (tertiary/aromatic N) is 3. The number of carbonyl (C=O) groups is 2. The van der Waals surface area contributed by atoms with E-state index in [2.05, 4.69) is 5.32 Å². The maximum atomic E-state index is 13.0. The zero-order chi connectivity index (χ0) is 22.8. The second-order valence-electron chi connectivity index (χ2n) is 9.08. The molecule has 2 saturated heterocycles. The topological polar surface area (TPSA) is 99.3 Å². The molecular weight excluding hydrogens is 420 g/mol. The number of anilines is 1. The number of alkyl carbamates (subject to hydrolysis) is 1. The Morgan fingerprint density at radius 2 is 1.71 bits per heavy atom. The number of rotatable bonds is 5. The summed E-state index contributed by atoms with van der Waals surface area (Å²) in [5.41, 5.74) is 0.148. The molecule has 172 valence electrons. The standard InChI is InChI=1S/C21H32N4O5S/c1-21(2,3)30-19(26)22-15-16-9-11-24(12-10-16)31(28,29)18-7-5-17(6-8-18)25-14-13-23(4)20(25)27/h5-8,16H,9-15H2,1-4H3,(H,22,26). The first kappa shape index (κ1) is 23.3. The van der Waals surface area contributed by atoms with Crippen LogP contribution in [0.25, 0.3) is 0 Å². The van der Waals surface area contributed by atoms with E-state index in [4.69, 9.17) is 4.74 Å². The van der Waals surface area contributed by atoms with Crippen LogP contribution in [0.2, 0.25) is 0 Å². The fourth-order valence-electron chi connectivity index (χ4n) is 3.73. The van der Waals surface area contributed by atoms with Crippen LogP contribution in [0.4, 0.5) is 15.3 Å². The Morgan fingerprint density at radius 3 is 2.23 bits per heavy atom. The molecule has 3 rings (SSSR count). The van der Waals surface area contributed by atoms with Gasteiger partial charge in [-0.1, -0.05) is 0 Å². The quantitative estimate of drug-likeness (QED) is 0.740. The number of hydrogen-bond donors (Lipinski definition) is 1. The third kappa shape index (κ3) is 5.68. The normalized spacial score (nSPS) is 19.0. The Hall–Kier alpha value is -2.33. The van der Waals surface area contributed by atoms with E-state index in [1.807, 2.05) is 20.8 Å². The van der Waals surface area contributed by atoms with E-state index < -0.39 is 21.7 Å². The minimum Gasteiger partial charge on any atom is -0.444 e. The van der Waals surface area contributed by atoms with Crippen molar-refractivity contribution in [3.05, 3.63) is 24.3 Å². The van der Waals surface area contributed by atoms with Gasteiger partial charge in [-0.3, -0.25) is 4.90 Å². The maximum absolute atomic E-state index is 13.0. The van der Waals surface area contributed by atoms with Crippen molar-refractivity contribution in [2.45, 2.75) is 44.1 Å². The van der Waals surface area contributed by atoms with Gasteiger partial charge in [0.1, 0.15) is 5.60 Å². The number of ether oxygens (including phenoxy) is 1. The van der Waals surface area contributed by atoms with Gasteiger partial charge in [-0.25, -0.2) is 18.0 Å². The molecule has 1 N–H and O–H groups in total. The number of benzene rings is 1. The van der Waals surface area contributed by atoms with Crippen LogP contribution >= 0.6 is 0 Å². The summed E-state index contributed by atoms with van der Waals surface area (Å²) in [6.07, 6.45) is 0.883. The van der Waals surface area contributed by atoms with Crippen molar-refractivity contribution < 1.29 is 22.7 Å².